The first-order valence-electron chi connectivity index (χ1n) is 7.45. The average molecular weight is 300 g/mol. The summed E-state index contributed by atoms with van der Waals surface area (Å²) in [4.78, 5) is 8.06. The molecule has 4 heteroatoms. The molecule has 1 aromatic carbocycles. The summed E-state index contributed by atoms with van der Waals surface area (Å²) in [5.41, 5.74) is 2.37. The van der Waals surface area contributed by atoms with Gasteiger partial charge in [0.25, 0.3) is 0 Å². The van der Waals surface area contributed by atoms with Gasteiger partial charge in [-0.3, -0.25) is 0 Å². The number of rotatable bonds is 3. The van der Waals surface area contributed by atoms with Gasteiger partial charge >= 0.3 is 0 Å². The Kier molecular flexibility index (Phi) is 4.06. The van der Waals surface area contributed by atoms with Crippen molar-refractivity contribution in [2.45, 2.75) is 32.6 Å². The van der Waals surface area contributed by atoms with Gasteiger partial charge in [-0.25, -0.2) is 4.98 Å². The molecule has 0 amide bonds. The van der Waals surface area contributed by atoms with E-state index < -0.39 is 0 Å². The first-order chi connectivity index (χ1) is 10.1. The zero-order valence-corrected chi connectivity index (χ0v) is 13.2. The zero-order valence-electron chi connectivity index (χ0n) is 12.4. The van der Waals surface area contributed by atoms with Gasteiger partial charge in [0.2, 0.25) is 0 Å². The molecule has 110 valence electrons. The van der Waals surface area contributed by atoms with Crippen LogP contribution in [-0.4, -0.2) is 16.6 Å². The van der Waals surface area contributed by atoms with Gasteiger partial charge in [-0.2, -0.15) is 0 Å². The van der Waals surface area contributed by atoms with E-state index in [1.165, 1.54) is 11.3 Å². The fourth-order valence-corrected chi connectivity index (χ4v) is 3.11. The molecule has 0 bridgehead atoms. The highest BCUT2D eigenvalue weighted by Crippen LogP contribution is 2.36. The van der Waals surface area contributed by atoms with E-state index >= 15 is 0 Å². The zero-order chi connectivity index (χ0) is 14.8. The molecule has 1 aromatic heterocycles. The summed E-state index contributed by atoms with van der Waals surface area (Å²) in [7, 11) is 0. The van der Waals surface area contributed by atoms with Crippen LogP contribution in [0.25, 0.3) is 0 Å². The molecule has 3 nitrogen and oxygen atoms in total. The van der Waals surface area contributed by atoms with Gasteiger partial charge in [0.05, 0.1) is 6.61 Å². The van der Waals surface area contributed by atoms with Crippen LogP contribution in [0.4, 0.5) is 0 Å². The van der Waals surface area contributed by atoms with E-state index in [1.54, 1.807) is 0 Å². The van der Waals surface area contributed by atoms with E-state index in [0.29, 0.717) is 10.6 Å². The van der Waals surface area contributed by atoms with Crippen molar-refractivity contribution in [1.29, 1.82) is 0 Å². The smallest absolute Gasteiger partial charge is 0.130 e. The minimum absolute atomic E-state index is 0.240. The number of fused-ring (bicyclic) bond motifs is 1. The number of para-hydroxylation sites is 1. The molecule has 1 atom stereocenters. The van der Waals surface area contributed by atoms with E-state index in [9.17, 15) is 0 Å². The van der Waals surface area contributed by atoms with Crippen molar-refractivity contribution in [2.24, 2.45) is 5.92 Å². The Labute approximate surface area is 130 Å². The summed E-state index contributed by atoms with van der Waals surface area (Å²) in [6.45, 7) is 5.14. The van der Waals surface area contributed by atoms with Gasteiger partial charge in [0.15, 0.2) is 0 Å². The van der Waals surface area contributed by atoms with Crippen molar-refractivity contribution in [1.82, 2.24) is 9.97 Å². The molecule has 21 heavy (non-hydrogen) atoms. The lowest BCUT2D eigenvalue weighted by Crippen LogP contribution is -2.18. The average Bonchev–Trinajstić information content (AvgIpc) is 2.45. The van der Waals surface area contributed by atoms with E-state index in [0.717, 1.165) is 31.0 Å². The highest BCUT2D eigenvalue weighted by atomic mass is 32.1. The van der Waals surface area contributed by atoms with Crippen molar-refractivity contribution < 1.29 is 4.74 Å². The molecule has 0 saturated carbocycles. The first-order valence-corrected chi connectivity index (χ1v) is 7.86. The van der Waals surface area contributed by atoms with Crippen molar-refractivity contribution in [3.05, 3.63) is 52.1 Å². The maximum atomic E-state index is 5.73. The molecule has 0 aliphatic carbocycles. The number of aromatic nitrogens is 2. The number of ether oxygens (including phenoxy) is 1. The minimum atomic E-state index is 0.240. The fourth-order valence-electron chi connectivity index (χ4n) is 2.87. The summed E-state index contributed by atoms with van der Waals surface area (Å²) >= 11 is 5.35. The summed E-state index contributed by atoms with van der Waals surface area (Å²) < 4.78 is 6.40. The second-order valence-electron chi connectivity index (χ2n) is 5.96. The van der Waals surface area contributed by atoms with Crippen LogP contribution in [0.15, 0.2) is 30.3 Å². The van der Waals surface area contributed by atoms with Gasteiger partial charge in [-0.15, -0.1) is 0 Å². The highest BCUT2D eigenvalue weighted by Gasteiger charge is 2.24. The van der Waals surface area contributed by atoms with Crippen molar-refractivity contribution >= 4 is 12.2 Å². The van der Waals surface area contributed by atoms with Gasteiger partial charge in [0, 0.05) is 17.2 Å². The molecule has 0 radical (unpaired) electrons. The van der Waals surface area contributed by atoms with Crippen LogP contribution in [0.5, 0.6) is 5.75 Å². The third kappa shape index (κ3) is 3.16. The quantitative estimate of drug-likeness (QED) is 0.861. The van der Waals surface area contributed by atoms with Crippen molar-refractivity contribution in [3.8, 4) is 5.75 Å². The van der Waals surface area contributed by atoms with Gasteiger partial charge < -0.3 is 9.72 Å². The predicted octanol–water partition coefficient (Wildman–Crippen LogP) is 4.25. The topological polar surface area (TPSA) is 37.9 Å². The Bertz CT molecular complexity index is 693. The molecular formula is C17H20N2OS. The standard InChI is InChI=1S/C17H20N2OS/c1-11(2)9-12-10-16(21)19-17(18-12)14-7-8-20-15-6-4-3-5-13(14)15/h3-6,10-11,14H,7-9H2,1-2H3,(H,18,19,21). The van der Waals surface area contributed by atoms with Crippen molar-refractivity contribution in [3.63, 3.8) is 0 Å². The molecule has 0 saturated heterocycles. The number of benzene rings is 1. The van der Waals surface area contributed by atoms with E-state index in [1.807, 2.05) is 24.3 Å². The van der Waals surface area contributed by atoms with Gasteiger partial charge in [-0.1, -0.05) is 44.3 Å². The highest BCUT2D eigenvalue weighted by molar-refractivity contribution is 7.71. The van der Waals surface area contributed by atoms with Crippen LogP contribution < -0.4 is 4.74 Å². The monoisotopic (exact) mass is 300 g/mol. The Hall–Kier alpha value is -1.68. The van der Waals surface area contributed by atoms with Crippen LogP contribution in [0.1, 0.15) is 43.3 Å². The maximum absolute atomic E-state index is 5.73. The second kappa shape index (κ2) is 5.98. The number of hydrogen-bond donors (Lipinski definition) is 1. The van der Waals surface area contributed by atoms with E-state index in [4.69, 9.17) is 17.0 Å². The van der Waals surface area contributed by atoms with E-state index in [2.05, 4.69) is 29.9 Å². The molecule has 3 rings (SSSR count). The Balaban J connectivity index is 2.01. The largest absolute Gasteiger partial charge is 0.493 e. The van der Waals surface area contributed by atoms with Crippen LogP contribution in [-0.2, 0) is 6.42 Å². The molecule has 0 spiro atoms. The molecular weight excluding hydrogens is 280 g/mol. The SMILES string of the molecule is CC(C)Cc1cc(=S)nc(C2CCOc3ccccc32)[nH]1. The Morgan fingerprint density at radius 1 is 1.38 bits per heavy atom. The lowest BCUT2D eigenvalue weighted by atomic mass is 9.92. The summed E-state index contributed by atoms with van der Waals surface area (Å²) in [5, 5.41) is 0. The minimum Gasteiger partial charge on any atom is -0.493 e. The third-order valence-electron chi connectivity index (χ3n) is 3.73. The number of nitrogens with one attached hydrogen (secondary N) is 1. The molecule has 2 heterocycles. The molecule has 0 fully saturated rings. The van der Waals surface area contributed by atoms with Crippen LogP contribution in [0.3, 0.4) is 0 Å². The van der Waals surface area contributed by atoms with Crippen molar-refractivity contribution in [2.75, 3.05) is 6.61 Å². The molecule has 1 N–H and O–H groups in total. The summed E-state index contributed by atoms with van der Waals surface area (Å²) in [6.07, 6.45) is 1.92. The molecule has 2 aromatic rings. The number of aromatic amines is 1. The van der Waals surface area contributed by atoms with Crippen LogP contribution in [0.2, 0.25) is 0 Å². The number of nitrogens with zero attached hydrogens (tertiary/aromatic N) is 1. The molecule has 1 unspecified atom stereocenters. The lowest BCUT2D eigenvalue weighted by molar-refractivity contribution is 0.274. The number of H-pyrrole nitrogens is 1. The van der Waals surface area contributed by atoms with E-state index in [-0.39, 0.29) is 5.92 Å². The first kappa shape index (κ1) is 14.3. The predicted molar refractivity (Wildman–Crippen MR) is 86.4 cm³/mol. The maximum Gasteiger partial charge on any atom is 0.130 e. The fraction of sp³-hybridized carbons (Fsp3) is 0.412. The van der Waals surface area contributed by atoms with Crippen LogP contribution >= 0.6 is 12.2 Å². The normalized spacial score (nSPS) is 17.4. The summed E-state index contributed by atoms with van der Waals surface area (Å²) in [6, 6.07) is 10.2. The molecule has 1 aliphatic heterocycles. The number of hydrogen-bond acceptors (Lipinski definition) is 3. The van der Waals surface area contributed by atoms with Crippen LogP contribution in [0, 0.1) is 10.6 Å². The second-order valence-corrected chi connectivity index (χ2v) is 6.37. The lowest BCUT2D eigenvalue weighted by Gasteiger charge is -2.25. The van der Waals surface area contributed by atoms with Gasteiger partial charge in [0.1, 0.15) is 16.2 Å². The Morgan fingerprint density at radius 3 is 3.00 bits per heavy atom. The summed E-state index contributed by atoms with van der Waals surface area (Å²) in [5.74, 6) is 2.76. The molecule has 1 aliphatic rings. The third-order valence-corrected chi connectivity index (χ3v) is 3.94. The van der Waals surface area contributed by atoms with Gasteiger partial charge in [-0.05, 0) is 30.9 Å². The Morgan fingerprint density at radius 2 is 2.19 bits per heavy atom.